The lowest BCUT2D eigenvalue weighted by molar-refractivity contribution is 0.0657. The summed E-state index contributed by atoms with van der Waals surface area (Å²) < 4.78 is 53.4. The summed E-state index contributed by atoms with van der Waals surface area (Å²) in [6, 6.07) is 7.68. The highest BCUT2D eigenvalue weighted by Gasteiger charge is 2.35. The van der Waals surface area contributed by atoms with Gasteiger partial charge in [-0.15, -0.1) is 5.10 Å². The zero-order valence-corrected chi connectivity index (χ0v) is 13.6. The lowest BCUT2D eigenvalue weighted by Crippen LogP contribution is -2.42. The lowest BCUT2D eigenvalue weighted by atomic mass is 10.1. The summed E-state index contributed by atoms with van der Waals surface area (Å²) in [7, 11) is -1.53. The fraction of sp³-hybridized carbons (Fsp3) is 0.429. The van der Waals surface area contributed by atoms with E-state index in [0.29, 0.717) is 10.7 Å². The van der Waals surface area contributed by atoms with Crippen LogP contribution in [0.1, 0.15) is 12.0 Å². The van der Waals surface area contributed by atoms with Gasteiger partial charge in [-0.2, -0.15) is 4.31 Å². The van der Waals surface area contributed by atoms with Crippen molar-refractivity contribution in [3.05, 3.63) is 42.1 Å². The molecular formula is C14H18F2N4O2S. The maximum absolute atomic E-state index is 13.4. The molecule has 9 heteroatoms. The van der Waals surface area contributed by atoms with Gasteiger partial charge in [0, 0.05) is 14.1 Å². The number of aryl methyl sites for hydroxylation is 2. The molecule has 0 N–H and O–H groups in total. The van der Waals surface area contributed by atoms with Gasteiger partial charge in [0.05, 0.1) is 12.2 Å². The highest BCUT2D eigenvalue weighted by Crippen LogP contribution is 2.22. The first-order valence-electron chi connectivity index (χ1n) is 6.99. The van der Waals surface area contributed by atoms with E-state index in [-0.39, 0.29) is 11.4 Å². The molecule has 0 fully saturated rings. The number of sulfonamides is 1. The minimum atomic E-state index is -4.08. The molecule has 0 amide bonds. The smallest absolute Gasteiger partial charge is 0.236 e. The van der Waals surface area contributed by atoms with Crippen LogP contribution in [0.3, 0.4) is 0 Å². The zero-order valence-electron chi connectivity index (χ0n) is 12.8. The number of nitrogens with zero attached hydrogens (tertiary/aromatic N) is 4. The van der Waals surface area contributed by atoms with Gasteiger partial charge in [-0.05, 0) is 18.4 Å². The largest absolute Gasteiger partial charge is 0.262 e. The molecule has 1 aromatic heterocycles. The third kappa shape index (κ3) is 3.91. The molecule has 0 aliphatic heterocycles. The van der Waals surface area contributed by atoms with Gasteiger partial charge in [-0.1, -0.05) is 35.5 Å². The van der Waals surface area contributed by atoms with Gasteiger partial charge in [0.15, 0.2) is 5.03 Å². The van der Waals surface area contributed by atoms with Crippen LogP contribution >= 0.6 is 0 Å². The van der Waals surface area contributed by atoms with E-state index in [4.69, 9.17) is 0 Å². The fourth-order valence-corrected chi connectivity index (χ4v) is 3.67. The van der Waals surface area contributed by atoms with Gasteiger partial charge in [-0.3, -0.25) is 0 Å². The van der Waals surface area contributed by atoms with Gasteiger partial charge in [0.2, 0.25) is 0 Å². The second-order valence-corrected chi connectivity index (χ2v) is 7.09. The summed E-state index contributed by atoms with van der Waals surface area (Å²) in [5.41, 5.74) is 0.881. The number of aromatic nitrogens is 3. The molecule has 23 heavy (non-hydrogen) atoms. The predicted octanol–water partition coefficient (Wildman–Crippen LogP) is 1.70. The summed E-state index contributed by atoms with van der Waals surface area (Å²) in [5, 5.41) is 6.81. The van der Waals surface area contributed by atoms with Crippen LogP contribution in [0.5, 0.6) is 0 Å². The van der Waals surface area contributed by atoms with Crippen molar-refractivity contribution in [2.75, 3.05) is 7.05 Å². The minimum Gasteiger partial charge on any atom is -0.236 e. The van der Waals surface area contributed by atoms with E-state index in [1.165, 1.54) is 7.05 Å². The Kier molecular flexibility index (Phi) is 5.42. The molecule has 2 aromatic rings. The van der Waals surface area contributed by atoms with Crippen molar-refractivity contribution < 1.29 is 17.2 Å². The standard InChI is InChI=1S/C14H18F2N4O2S/c1-19-13(10-17-18-19)23(21,22)20(2)12(14(15)16)9-8-11-6-4-3-5-7-11/h3-7,10,12,14H,8-9H2,1-2H3/t12-/m0/s1. The summed E-state index contributed by atoms with van der Waals surface area (Å²) in [5.74, 6) is 0. The highest BCUT2D eigenvalue weighted by atomic mass is 32.2. The average Bonchev–Trinajstić information content (AvgIpc) is 2.95. The SMILES string of the molecule is CN([C@@H](CCc1ccccc1)C(F)F)S(=O)(=O)c1cnnn1C. The van der Waals surface area contributed by atoms with Gasteiger partial charge in [0.1, 0.15) is 0 Å². The molecular weight excluding hydrogens is 326 g/mol. The number of hydrogen-bond donors (Lipinski definition) is 0. The molecule has 0 aliphatic carbocycles. The van der Waals surface area contributed by atoms with Gasteiger partial charge in [-0.25, -0.2) is 21.9 Å². The van der Waals surface area contributed by atoms with Crippen LogP contribution in [0, 0.1) is 0 Å². The maximum Gasteiger partial charge on any atom is 0.262 e. The minimum absolute atomic E-state index is 0.0166. The second kappa shape index (κ2) is 7.14. The van der Waals surface area contributed by atoms with Crippen molar-refractivity contribution in [2.24, 2.45) is 7.05 Å². The Bertz CT molecular complexity index is 734. The molecule has 0 saturated carbocycles. The van der Waals surface area contributed by atoms with Crippen LogP contribution in [0.2, 0.25) is 0 Å². The summed E-state index contributed by atoms with van der Waals surface area (Å²) in [6.07, 6.45) is -1.37. The van der Waals surface area contributed by atoms with Gasteiger partial charge in [0.25, 0.3) is 16.4 Å². The van der Waals surface area contributed by atoms with E-state index in [0.717, 1.165) is 23.5 Å². The lowest BCUT2D eigenvalue weighted by Gasteiger charge is -2.26. The van der Waals surface area contributed by atoms with Crippen LogP contribution < -0.4 is 0 Å². The third-order valence-corrected chi connectivity index (χ3v) is 5.57. The Hall–Kier alpha value is -1.87. The van der Waals surface area contributed by atoms with Crippen LogP contribution in [-0.2, 0) is 23.5 Å². The maximum atomic E-state index is 13.4. The normalized spacial score (nSPS) is 13.7. The fourth-order valence-electron chi connectivity index (χ4n) is 2.27. The van der Waals surface area contributed by atoms with Crippen molar-refractivity contribution in [3.8, 4) is 0 Å². The molecule has 126 valence electrons. The number of hydrogen-bond acceptors (Lipinski definition) is 4. The quantitative estimate of drug-likeness (QED) is 0.767. The molecule has 0 unspecified atom stereocenters. The molecule has 0 bridgehead atoms. The Morgan fingerprint density at radius 2 is 1.91 bits per heavy atom. The van der Waals surface area contributed by atoms with E-state index in [1.807, 2.05) is 30.3 Å². The highest BCUT2D eigenvalue weighted by molar-refractivity contribution is 7.89. The van der Waals surface area contributed by atoms with Crippen molar-refractivity contribution >= 4 is 10.0 Å². The molecule has 2 rings (SSSR count). The van der Waals surface area contributed by atoms with E-state index >= 15 is 0 Å². The Labute approximate surface area is 133 Å². The number of rotatable bonds is 7. The molecule has 0 saturated heterocycles. The third-order valence-electron chi connectivity index (χ3n) is 3.65. The van der Waals surface area contributed by atoms with E-state index in [1.54, 1.807) is 0 Å². The van der Waals surface area contributed by atoms with Crippen LogP contribution in [0.25, 0.3) is 0 Å². The number of halogens is 2. The monoisotopic (exact) mass is 344 g/mol. The second-order valence-electron chi connectivity index (χ2n) is 5.14. The topological polar surface area (TPSA) is 68.1 Å². The number of benzene rings is 1. The molecule has 0 aliphatic rings. The Morgan fingerprint density at radius 3 is 2.43 bits per heavy atom. The average molecular weight is 344 g/mol. The van der Waals surface area contributed by atoms with Crippen LogP contribution in [0.15, 0.2) is 41.6 Å². The van der Waals surface area contributed by atoms with Gasteiger partial charge >= 0.3 is 0 Å². The van der Waals surface area contributed by atoms with Crippen molar-refractivity contribution in [1.82, 2.24) is 19.3 Å². The van der Waals surface area contributed by atoms with Crippen molar-refractivity contribution in [3.63, 3.8) is 0 Å². The van der Waals surface area contributed by atoms with E-state index in [9.17, 15) is 17.2 Å². The number of alkyl halides is 2. The zero-order chi connectivity index (χ0) is 17.0. The predicted molar refractivity (Wildman–Crippen MR) is 80.5 cm³/mol. The molecule has 0 radical (unpaired) electrons. The first-order chi connectivity index (χ1) is 10.8. The van der Waals surface area contributed by atoms with Crippen LogP contribution in [-0.4, -0.2) is 47.2 Å². The first-order valence-corrected chi connectivity index (χ1v) is 8.43. The van der Waals surface area contributed by atoms with E-state index < -0.39 is 22.5 Å². The Morgan fingerprint density at radius 1 is 1.26 bits per heavy atom. The van der Waals surface area contributed by atoms with Crippen molar-refractivity contribution in [1.29, 1.82) is 0 Å². The first kappa shape index (κ1) is 17.5. The molecule has 1 atom stereocenters. The van der Waals surface area contributed by atoms with Gasteiger partial charge < -0.3 is 0 Å². The summed E-state index contributed by atoms with van der Waals surface area (Å²) >= 11 is 0. The van der Waals surface area contributed by atoms with Crippen LogP contribution in [0.4, 0.5) is 8.78 Å². The summed E-state index contributed by atoms with van der Waals surface area (Å²) in [4.78, 5) is 0. The molecule has 6 nitrogen and oxygen atoms in total. The van der Waals surface area contributed by atoms with Crippen molar-refractivity contribution in [2.45, 2.75) is 30.3 Å². The summed E-state index contributed by atoms with van der Waals surface area (Å²) in [6.45, 7) is 0. The molecule has 1 aromatic carbocycles. The molecule has 1 heterocycles. The van der Waals surface area contributed by atoms with E-state index in [2.05, 4.69) is 10.3 Å². The Balaban J connectivity index is 2.18. The molecule has 0 spiro atoms.